The molecule has 1 amide bonds. The molecule has 2 heterocycles. The molecule has 4 aromatic rings. The number of para-hydroxylation sites is 2. The number of rotatable bonds is 5. The average molecular weight is 606 g/mol. The van der Waals surface area contributed by atoms with Crippen LogP contribution in [0.3, 0.4) is 0 Å². The van der Waals surface area contributed by atoms with Crippen molar-refractivity contribution in [1.82, 2.24) is 14.2 Å². The standard InChI is InChI=1S/C29H30F3N3O6S/c1-28(2,3)41-27(37)34-16-22(33-42(38,39)19-14-12-18(13-15-19)40-29(30,31)32)26(36)25(17-34)35-23-10-6-4-8-20(23)21-9-5-7-11-24(21)35/h4-15,22,25-26,33,36H,16-17H2,1-3H3/t22-,25+,26+/m1/s1. The Hall–Kier alpha value is -3.81. The zero-order valence-corrected chi connectivity index (χ0v) is 23.8. The van der Waals surface area contributed by atoms with Crippen molar-refractivity contribution in [3.8, 4) is 5.75 Å². The zero-order valence-electron chi connectivity index (χ0n) is 23.0. The summed E-state index contributed by atoms with van der Waals surface area (Å²) in [6, 6.07) is 16.9. The molecule has 0 radical (unpaired) electrons. The molecular weight excluding hydrogens is 575 g/mol. The maximum Gasteiger partial charge on any atom is 0.573 e. The Morgan fingerprint density at radius 2 is 1.45 bits per heavy atom. The molecule has 224 valence electrons. The topological polar surface area (TPSA) is 110 Å². The number of nitrogens with one attached hydrogen (secondary N) is 1. The van der Waals surface area contributed by atoms with Crippen LogP contribution >= 0.6 is 0 Å². The molecule has 9 nitrogen and oxygen atoms in total. The number of carbonyl (C=O) groups is 1. The monoisotopic (exact) mass is 605 g/mol. The van der Waals surface area contributed by atoms with E-state index in [1.165, 1.54) is 4.90 Å². The van der Waals surface area contributed by atoms with E-state index >= 15 is 0 Å². The number of halogens is 3. The Bertz CT molecular complexity index is 1660. The molecule has 1 aliphatic heterocycles. The fourth-order valence-corrected chi connectivity index (χ4v) is 6.48. The Morgan fingerprint density at radius 1 is 0.905 bits per heavy atom. The normalized spacial score (nSPS) is 20.2. The van der Waals surface area contributed by atoms with Gasteiger partial charge in [0.05, 0.1) is 23.1 Å². The Labute approximate surface area is 240 Å². The lowest BCUT2D eigenvalue weighted by atomic mass is 9.97. The fraction of sp³-hybridized carbons (Fsp3) is 0.345. The highest BCUT2D eigenvalue weighted by Gasteiger charge is 2.42. The van der Waals surface area contributed by atoms with Crippen molar-refractivity contribution in [3.63, 3.8) is 0 Å². The number of piperidine rings is 1. The summed E-state index contributed by atoms with van der Waals surface area (Å²) in [6.07, 6.45) is -6.92. The van der Waals surface area contributed by atoms with E-state index in [1.54, 1.807) is 20.8 Å². The third-order valence-corrected chi connectivity index (χ3v) is 8.41. The minimum atomic E-state index is -4.93. The Kier molecular flexibility index (Phi) is 7.62. The highest BCUT2D eigenvalue weighted by atomic mass is 32.2. The van der Waals surface area contributed by atoms with Gasteiger partial charge in [-0.1, -0.05) is 36.4 Å². The van der Waals surface area contributed by atoms with Gasteiger partial charge in [-0.15, -0.1) is 13.2 Å². The van der Waals surface area contributed by atoms with Crippen molar-refractivity contribution in [2.24, 2.45) is 0 Å². The minimum absolute atomic E-state index is 0.0282. The van der Waals surface area contributed by atoms with Crippen molar-refractivity contribution < 1.29 is 41.0 Å². The number of nitrogens with zero attached hydrogens (tertiary/aromatic N) is 2. The molecule has 3 aromatic carbocycles. The molecule has 0 spiro atoms. The van der Waals surface area contributed by atoms with Gasteiger partial charge in [0, 0.05) is 34.9 Å². The van der Waals surface area contributed by atoms with Crippen LogP contribution in [-0.4, -0.2) is 66.3 Å². The molecule has 0 saturated carbocycles. The van der Waals surface area contributed by atoms with Gasteiger partial charge in [-0.2, -0.15) is 0 Å². The first kappa shape index (κ1) is 29.7. The lowest BCUT2D eigenvalue weighted by molar-refractivity contribution is -0.274. The van der Waals surface area contributed by atoms with Crippen LogP contribution in [-0.2, 0) is 14.8 Å². The number of hydrogen-bond donors (Lipinski definition) is 2. The second-order valence-electron chi connectivity index (χ2n) is 11.1. The van der Waals surface area contributed by atoms with E-state index in [4.69, 9.17) is 4.74 Å². The molecule has 1 aliphatic rings. The molecule has 2 N–H and O–H groups in total. The van der Waals surface area contributed by atoms with E-state index in [1.807, 2.05) is 53.1 Å². The number of carbonyl (C=O) groups excluding carboxylic acids is 1. The Balaban J connectivity index is 1.52. The average Bonchev–Trinajstić information content (AvgIpc) is 3.22. The molecule has 42 heavy (non-hydrogen) atoms. The summed E-state index contributed by atoms with van der Waals surface area (Å²) in [4.78, 5) is 14.2. The number of likely N-dealkylation sites (tertiary alicyclic amines) is 1. The van der Waals surface area contributed by atoms with Gasteiger partial charge >= 0.3 is 12.5 Å². The van der Waals surface area contributed by atoms with E-state index in [0.29, 0.717) is 0 Å². The maximum absolute atomic E-state index is 13.3. The van der Waals surface area contributed by atoms with Crippen molar-refractivity contribution in [2.75, 3.05) is 13.1 Å². The fourth-order valence-electron chi connectivity index (χ4n) is 5.24. The predicted molar refractivity (Wildman–Crippen MR) is 150 cm³/mol. The lowest BCUT2D eigenvalue weighted by Gasteiger charge is -2.42. The second kappa shape index (κ2) is 10.8. The van der Waals surface area contributed by atoms with Crippen LogP contribution in [0.15, 0.2) is 77.7 Å². The van der Waals surface area contributed by atoms with Crippen LogP contribution in [0.5, 0.6) is 5.75 Å². The molecule has 13 heteroatoms. The first-order valence-electron chi connectivity index (χ1n) is 13.1. The zero-order chi connectivity index (χ0) is 30.4. The van der Waals surface area contributed by atoms with Crippen molar-refractivity contribution in [2.45, 2.75) is 55.8 Å². The van der Waals surface area contributed by atoms with E-state index in [9.17, 15) is 31.5 Å². The molecular formula is C29H30F3N3O6S. The van der Waals surface area contributed by atoms with Gasteiger partial charge in [0.15, 0.2) is 0 Å². The number of aliphatic hydroxyl groups excluding tert-OH is 1. The number of sulfonamides is 1. The van der Waals surface area contributed by atoms with Crippen LogP contribution < -0.4 is 9.46 Å². The van der Waals surface area contributed by atoms with Gasteiger partial charge in [0.1, 0.15) is 11.4 Å². The SMILES string of the molecule is CC(C)(C)OC(=O)N1C[C@@H](NS(=O)(=O)c2ccc(OC(F)(F)F)cc2)[C@H](O)[C@@H](n2c3ccccc3c3ccccc32)C1. The van der Waals surface area contributed by atoms with Gasteiger partial charge in [0.25, 0.3) is 0 Å². The van der Waals surface area contributed by atoms with E-state index in [0.717, 1.165) is 46.1 Å². The van der Waals surface area contributed by atoms with Crippen LogP contribution in [0.4, 0.5) is 18.0 Å². The summed E-state index contributed by atoms with van der Waals surface area (Å²) in [6.45, 7) is 4.94. The summed E-state index contributed by atoms with van der Waals surface area (Å²) >= 11 is 0. The third-order valence-electron chi connectivity index (χ3n) is 6.91. The second-order valence-corrected chi connectivity index (χ2v) is 12.8. The Morgan fingerprint density at radius 3 is 1.98 bits per heavy atom. The first-order valence-corrected chi connectivity index (χ1v) is 14.6. The van der Waals surface area contributed by atoms with Crippen LogP contribution in [0, 0.1) is 0 Å². The number of amides is 1. The van der Waals surface area contributed by atoms with E-state index in [-0.39, 0.29) is 18.0 Å². The van der Waals surface area contributed by atoms with Crippen molar-refractivity contribution >= 4 is 37.9 Å². The number of alkyl halides is 3. The predicted octanol–water partition coefficient (Wildman–Crippen LogP) is 5.19. The highest BCUT2D eigenvalue weighted by Crippen LogP contribution is 2.36. The van der Waals surface area contributed by atoms with Gasteiger partial charge in [-0.3, -0.25) is 0 Å². The van der Waals surface area contributed by atoms with Crippen molar-refractivity contribution in [3.05, 3.63) is 72.8 Å². The first-order chi connectivity index (χ1) is 19.6. The molecule has 0 bridgehead atoms. The molecule has 5 rings (SSSR count). The maximum atomic E-state index is 13.3. The molecule has 1 aromatic heterocycles. The summed E-state index contributed by atoms with van der Waals surface area (Å²) in [5.41, 5.74) is 0.747. The number of fused-ring (bicyclic) bond motifs is 3. The molecule has 0 unspecified atom stereocenters. The van der Waals surface area contributed by atoms with Gasteiger partial charge in [-0.05, 0) is 57.2 Å². The summed E-state index contributed by atoms with van der Waals surface area (Å²) < 4.78 is 78.1. The van der Waals surface area contributed by atoms with Gasteiger partial charge in [0.2, 0.25) is 10.0 Å². The lowest BCUT2D eigenvalue weighted by Crippen LogP contribution is -2.60. The quantitative estimate of drug-likeness (QED) is 0.324. The molecule has 1 saturated heterocycles. The number of benzene rings is 3. The minimum Gasteiger partial charge on any atom is -0.444 e. The molecule has 3 atom stereocenters. The van der Waals surface area contributed by atoms with Gasteiger partial charge < -0.3 is 24.0 Å². The van der Waals surface area contributed by atoms with E-state index in [2.05, 4.69) is 9.46 Å². The van der Waals surface area contributed by atoms with Crippen LogP contribution in [0.2, 0.25) is 0 Å². The smallest absolute Gasteiger partial charge is 0.444 e. The van der Waals surface area contributed by atoms with E-state index < -0.39 is 52.0 Å². The summed E-state index contributed by atoms with van der Waals surface area (Å²) in [5, 5.41) is 13.5. The van der Waals surface area contributed by atoms with Crippen molar-refractivity contribution in [1.29, 1.82) is 0 Å². The largest absolute Gasteiger partial charge is 0.573 e. The number of hydrogen-bond acceptors (Lipinski definition) is 6. The summed E-state index contributed by atoms with van der Waals surface area (Å²) in [5.74, 6) is -0.582. The summed E-state index contributed by atoms with van der Waals surface area (Å²) in [7, 11) is -4.35. The molecule has 1 fully saturated rings. The highest BCUT2D eigenvalue weighted by molar-refractivity contribution is 7.89. The third kappa shape index (κ3) is 6.18. The number of aromatic nitrogens is 1. The van der Waals surface area contributed by atoms with Gasteiger partial charge in [-0.25, -0.2) is 17.9 Å². The molecule has 0 aliphatic carbocycles. The number of ether oxygens (including phenoxy) is 2. The van der Waals surface area contributed by atoms with Crippen LogP contribution in [0.1, 0.15) is 26.8 Å². The van der Waals surface area contributed by atoms with Crippen LogP contribution in [0.25, 0.3) is 21.8 Å². The number of aliphatic hydroxyl groups is 1.